The lowest BCUT2D eigenvalue weighted by molar-refractivity contribution is -0.0512. The van der Waals surface area contributed by atoms with Gasteiger partial charge in [-0.15, -0.1) is 0 Å². The van der Waals surface area contributed by atoms with Crippen molar-refractivity contribution < 1.29 is 27.0 Å². The molecule has 0 bridgehead atoms. The van der Waals surface area contributed by atoms with Crippen molar-refractivity contribution in [2.45, 2.75) is 26.1 Å². The normalized spacial score (nSPS) is 12.5. The summed E-state index contributed by atoms with van der Waals surface area (Å²) >= 11 is 0. The van der Waals surface area contributed by atoms with Crippen LogP contribution >= 0.6 is 0 Å². The van der Waals surface area contributed by atoms with Crippen LogP contribution in [-0.2, 0) is 6.54 Å². The van der Waals surface area contributed by atoms with Crippen LogP contribution in [0.2, 0.25) is 0 Å². The number of methoxy groups -OCH3 is 1. The van der Waals surface area contributed by atoms with Crippen molar-refractivity contribution in [1.82, 2.24) is 4.90 Å². The molecule has 2 aromatic rings. The van der Waals surface area contributed by atoms with Crippen LogP contribution in [-0.4, -0.2) is 25.7 Å². The molecular weight excluding hydrogens is 338 g/mol. The van der Waals surface area contributed by atoms with Crippen LogP contribution in [0.3, 0.4) is 0 Å². The molecule has 0 N–H and O–H groups in total. The third-order valence-electron chi connectivity index (χ3n) is 3.96. The van der Waals surface area contributed by atoms with Crippen LogP contribution in [0.15, 0.2) is 36.4 Å². The number of hydrogen-bond acceptors (Lipinski definition) is 3. The zero-order valence-corrected chi connectivity index (χ0v) is 14.1. The predicted octanol–water partition coefficient (Wildman–Crippen LogP) is 4.77. The van der Waals surface area contributed by atoms with Gasteiger partial charge < -0.3 is 9.47 Å². The Balaban J connectivity index is 2.15. The van der Waals surface area contributed by atoms with Crippen molar-refractivity contribution in [1.29, 1.82) is 0 Å². The maximum absolute atomic E-state index is 13.4. The minimum Gasteiger partial charge on any atom is -0.493 e. The van der Waals surface area contributed by atoms with Crippen LogP contribution in [0.4, 0.5) is 17.6 Å². The van der Waals surface area contributed by atoms with Gasteiger partial charge in [0.25, 0.3) is 0 Å². The summed E-state index contributed by atoms with van der Waals surface area (Å²) < 4.78 is 60.9. The molecule has 2 aromatic carbocycles. The number of halogens is 4. The van der Waals surface area contributed by atoms with E-state index in [0.717, 1.165) is 12.1 Å². The SMILES string of the molecule is COc1ccc(CN(C)C(C)c2ccc(F)c(F)c2)cc1OC(F)F. The van der Waals surface area contributed by atoms with Crippen molar-refractivity contribution in [2.24, 2.45) is 0 Å². The van der Waals surface area contributed by atoms with Crippen LogP contribution in [0.25, 0.3) is 0 Å². The second-order valence-electron chi connectivity index (χ2n) is 5.63. The van der Waals surface area contributed by atoms with Crippen molar-refractivity contribution in [3.05, 3.63) is 59.2 Å². The second-order valence-corrected chi connectivity index (χ2v) is 5.63. The van der Waals surface area contributed by atoms with Gasteiger partial charge in [0.2, 0.25) is 0 Å². The molecule has 0 spiro atoms. The van der Waals surface area contributed by atoms with E-state index in [2.05, 4.69) is 4.74 Å². The van der Waals surface area contributed by atoms with Crippen LogP contribution in [0.5, 0.6) is 11.5 Å². The fourth-order valence-corrected chi connectivity index (χ4v) is 2.46. The summed E-state index contributed by atoms with van der Waals surface area (Å²) in [6, 6.07) is 8.27. The van der Waals surface area contributed by atoms with E-state index in [1.807, 2.05) is 11.8 Å². The zero-order valence-electron chi connectivity index (χ0n) is 14.1. The minimum atomic E-state index is -2.96. The fourth-order valence-electron chi connectivity index (χ4n) is 2.46. The molecule has 7 heteroatoms. The van der Waals surface area contributed by atoms with Crippen molar-refractivity contribution in [3.63, 3.8) is 0 Å². The molecule has 0 aliphatic rings. The van der Waals surface area contributed by atoms with Gasteiger partial charge >= 0.3 is 6.61 Å². The lowest BCUT2D eigenvalue weighted by Gasteiger charge is -2.25. The molecule has 136 valence electrons. The average Bonchev–Trinajstić information content (AvgIpc) is 2.56. The maximum Gasteiger partial charge on any atom is 0.387 e. The van der Waals surface area contributed by atoms with E-state index in [1.54, 1.807) is 19.2 Å². The van der Waals surface area contributed by atoms with E-state index < -0.39 is 18.2 Å². The van der Waals surface area contributed by atoms with E-state index in [1.165, 1.54) is 19.2 Å². The summed E-state index contributed by atoms with van der Waals surface area (Å²) in [5, 5.41) is 0. The largest absolute Gasteiger partial charge is 0.493 e. The lowest BCUT2D eigenvalue weighted by atomic mass is 10.1. The Morgan fingerprint density at radius 3 is 2.32 bits per heavy atom. The minimum absolute atomic E-state index is 0.0520. The number of nitrogens with zero attached hydrogens (tertiary/aromatic N) is 1. The van der Waals surface area contributed by atoms with Crippen molar-refractivity contribution >= 4 is 0 Å². The molecule has 0 aromatic heterocycles. The third-order valence-corrected chi connectivity index (χ3v) is 3.96. The molecule has 0 fully saturated rings. The van der Waals surface area contributed by atoms with E-state index in [9.17, 15) is 17.6 Å². The standard InChI is InChI=1S/C18H19F4NO2/c1-11(13-5-6-14(19)15(20)9-13)23(2)10-12-4-7-16(24-3)17(8-12)25-18(21)22/h4-9,11,18H,10H2,1-3H3. The molecule has 0 aliphatic carbocycles. The molecule has 0 aliphatic heterocycles. The average molecular weight is 357 g/mol. The Bertz CT molecular complexity index is 724. The topological polar surface area (TPSA) is 21.7 Å². The van der Waals surface area contributed by atoms with Gasteiger partial charge in [-0.1, -0.05) is 12.1 Å². The fraction of sp³-hybridized carbons (Fsp3) is 0.333. The highest BCUT2D eigenvalue weighted by atomic mass is 19.3. The summed E-state index contributed by atoms with van der Waals surface area (Å²) in [6.07, 6.45) is 0. The molecule has 0 saturated carbocycles. The smallest absolute Gasteiger partial charge is 0.387 e. The first-order valence-corrected chi connectivity index (χ1v) is 7.58. The number of rotatable bonds is 7. The van der Waals surface area contributed by atoms with E-state index in [0.29, 0.717) is 17.7 Å². The monoisotopic (exact) mass is 357 g/mol. The van der Waals surface area contributed by atoms with E-state index in [4.69, 9.17) is 4.74 Å². The van der Waals surface area contributed by atoms with Crippen molar-refractivity contribution in [3.8, 4) is 11.5 Å². The highest BCUT2D eigenvalue weighted by Gasteiger charge is 2.16. The first kappa shape index (κ1) is 19.1. The van der Waals surface area contributed by atoms with Crippen molar-refractivity contribution in [2.75, 3.05) is 14.2 Å². The van der Waals surface area contributed by atoms with Gasteiger partial charge in [0.05, 0.1) is 7.11 Å². The zero-order chi connectivity index (χ0) is 18.6. The molecular formula is C18H19F4NO2. The molecule has 1 atom stereocenters. The highest BCUT2D eigenvalue weighted by Crippen LogP contribution is 2.31. The van der Waals surface area contributed by atoms with E-state index in [-0.39, 0.29) is 17.5 Å². The van der Waals surface area contributed by atoms with Crippen LogP contribution < -0.4 is 9.47 Å². The van der Waals surface area contributed by atoms with Gasteiger partial charge in [-0.25, -0.2) is 8.78 Å². The first-order chi connectivity index (χ1) is 11.8. The summed E-state index contributed by atoms with van der Waals surface area (Å²) in [7, 11) is 3.16. The molecule has 0 radical (unpaired) electrons. The Hall–Kier alpha value is -2.28. The van der Waals surface area contributed by atoms with Crippen LogP contribution in [0.1, 0.15) is 24.1 Å². The Morgan fingerprint density at radius 1 is 1.00 bits per heavy atom. The summed E-state index contributed by atoms with van der Waals surface area (Å²) in [4.78, 5) is 1.88. The summed E-state index contributed by atoms with van der Waals surface area (Å²) in [6.45, 7) is -0.723. The maximum atomic E-state index is 13.4. The molecule has 3 nitrogen and oxygen atoms in total. The van der Waals surface area contributed by atoms with Gasteiger partial charge in [-0.2, -0.15) is 8.78 Å². The van der Waals surface area contributed by atoms with Gasteiger partial charge in [0.15, 0.2) is 23.1 Å². The second kappa shape index (κ2) is 8.20. The molecule has 1 unspecified atom stereocenters. The quantitative estimate of drug-likeness (QED) is 0.667. The van der Waals surface area contributed by atoms with Gasteiger partial charge in [0.1, 0.15) is 0 Å². The van der Waals surface area contributed by atoms with Crippen LogP contribution in [0, 0.1) is 11.6 Å². The summed E-state index contributed by atoms with van der Waals surface area (Å²) in [5.41, 5.74) is 1.33. The Labute approximate surface area is 143 Å². The Morgan fingerprint density at radius 2 is 1.72 bits per heavy atom. The molecule has 0 saturated heterocycles. The third kappa shape index (κ3) is 4.85. The predicted molar refractivity (Wildman–Crippen MR) is 85.9 cm³/mol. The van der Waals surface area contributed by atoms with Gasteiger partial charge in [0, 0.05) is 12.6 Å². The molecule has 25 heavy (non-hydrogen) atoms. The highest BCUT2D eigenvalue weighted by molar-refractivity contribution is 5.43. The van der Waals surface area contributed by atoms with E-state index >= 15 is 0 Å². The molecule has 0 amide bonds. The van der Waals surface area contributed by atoms with Gasteiger partial charge in [-0.05, 0) is 49.4 Å². The number of benzene rings is 2. The number of hydrogen-bond donors (Lipinski definition) is 0. The number of ether oxygens (including phenoxy) is 2. The molecule has 0 heterocycles. The van der Waals surface area contributed by atoms with Gasteiger partial charge in [-0.3, -0.25) is 4.90 Å². The Kier molecular flexibility index (Phi) is 6.25. The first-order valence-electron chi connectivity index (χ1n) is 7.58. The number of alkyl halides is 2. The lowest BCUT2D eigenvalue weighted by Crippen LogP contribution is -2.22. The summed E-state index contributed by atoms with van der Waals surface area (Å²) in [5.74, 6) is -1.65. The molecule has 2 rings (SSSR count).